The molecular weight excluding hydrogens is 253 g/mol. The molecule has 0 saturated carbocycles. The highest BCUT2D eigenvalue weighted by Gasteiger charge is 2.17. The van der Waals surface area contributed by atoms with E-state index < -0.39 is 0 Å². The molecule has 0 atom stereocenters. The quantitative estimate of drug-likeness (QED) is 0.722. The molecule has 15 heavy (non-hydrogen) atoms. The van der Waals surface area contributed by atoms with Gasteiger partial charge in [-0.25, -0.2) is 0 Å². The van der Waals surface area contributed by atoms with E-state index in [1.54, 1.807) is 6.08 Å². The molecule has 0 N–H and O–H groups in total. The minimum atomic E-state index is 0.193. The smallest absolute Gasteiger partial charge is 0.260 e. The van der Waals surface area contributed by atoms with Gasteiger partial charge < -0.3 is 9.64 Å². The lowest BCUT2D eigenvalue weighted by Gasteiger charge is -2.32. The average Bonchev–Trinajstić information content (AvgIpc) is 2.01. The van der Waals surface area contributed by atoms with Crippen LogP contribution in [0.1, 0.15) is 27.7 Å². The van der Waals surface area contributed by atoms with Crippen molar-refractivity contribution in [1.82, 2.24) is 4.90 Å². The van der Waals surface area contributed by atoms with Crippen LogP contribution >= 0.6 is 35.4 Å². The maximum atomic E-state index is 5.46. The van der Waals surface area contributed by atoms with Crippen molar-refractivity contribution in [2.75, 3.05) is 6.61 Å². The Morgan fingerprint density at radius 2 is 1.73 bits per heavy atom. The zero-order valence-electron chi connectivity index (χ0n) is 9.46. The molecule has 0 aromatic carbocycles. The highest BCUT2D eigenvalue weighted by atomic mass is 35.5. The molecule has 5 heteroatoms. The van der Waals surface area contributed by atoms with Gasteiger partial charge in [0.25, 0.3) is 5.17 Å². The monoisotopic (exact) mass is 269 g/mol. The molecule has 0 aliphatic carbocycles. The fraction of sp³-hybridized carbons (Fsp3) is 0.700. The van der Waals surface area contributed by atoms with Crippen molar-refractivity contribution in [3.05, 3.63) is 10.6 Å². The molecule has 0 fully saturated rings. The van der Waals surface area contributed by atoms with Crippen molar-refractivity contribution in [2.24, 2.45) is 0 Å². The molecular formula is C10H17Cl2NOS. The number of hydrogen-bond acceptors (Lipinski definition) is 2. The molecule has 0 aromatic rings. The van der Waals surface area contributed by atoms with Crippen molar-refractivity contribution >= 4 is 40.6 Å². The lowest BCUT2D eigenvalue weighted by atomic mass is 10.2. The second kappa shape index (κ2) is 7.31. The number of nitrogens with zero attached hydrogens (tertiary/aromatic N) is 1. The second-order valence-electron chi connectivity index (χ2n) is 3.67. The Bertz CT molecular complexity index is 230. The Kier molecular flexibility index (Phi) is 7.32. The van der Waals surface area contributed by atoms with Crippen molar-refractivity contribution < 1.29 is 4.74 Å². The van der Waals surface area contributed by atoms with Crippen LogP contribution in [0.4, 0.5) is 0 Å². The summed E-state index contributed by atoms with van der Waals surface area (Å²) in [6.45, 7) is 8.58. The lowest BCUT2D eigenvalue weighted by Crippen LogP contribution is -2.42. The van der Waals surface area contributed by atoms with E-state index in [0.29, 0.717) is 23.9 Å². The first kappa shape index (κ1) is 15.0. The lowest BCUT2D eigenvalue weighted by molar-refractivity contribution is 0.210. The summed E-state index contributed by atoms with van der Waals surface area (Å²) in [5.74, 6) is 0. The van der Waals surface area contributed by atoms with Gasteiger partial charge in [0.2, 0.25) is 0 Å². The summed E-state index contributed by atoms with van der Waals surface area (Å²) >= 11 is 16.1. The van der Waals surface area contributed by atoms with Gasteiger partial charge in [0, 0.05) is 12.1 Å². The Morgan fingerprint density at radius 1 is 1.27 bits per heavy atom. The topological polar surface area (TPSA) is 12.5 Å². The zero-order chi connectivity index (χ0) is 12.0. The van der Waals surface area contributed by atoms with Crippen LogP contribution in [0.5, 0.6) is 0 Å². The van der Waals surface area contributed by atoms with Crippen LogP contribution in [0.2, 0.25) is 0 Å². The fourth-order valence-corrected chi connectivity index (χ4v) is 1.88. The molecule has 88 valence electrons. The highest BCUT2D eigenvalue weighted by Crippen LogP contribution is 2.09. The van der Waals surface area contributed by atoms with E-state index >= 15 is 0 Å². The predicted molar refractivity (Wildman–Crippen MR) is 70.5 cm³/mol. The predicted octanol–water partition coefficient (Wildman–Crippen LogP) is 3.73. The summed E-state index contributed by atoms with van der Waals surface area (Å²) in [7, 11) is 0. The largest absolute Gasteiger partial charge is 0.467 e. The average molecular weight is 270 g/mol. The summed E-state index contributed by atoms with van der Waals surface area (Å²) in [6, 6.07) is 0.626. The first-order valence-corrected chi connectivity index (χ1v) is 5.99. The van der Waals surface area contributed by atoms with Gasteiger partial charge >= 0.3 is 0 Å². The minimum Gasteiger partial charge on any atom is -0.467 e. The molecule has 0 aliphatic rings. The molecule has 0 heterocycles. The standard InChI is InChI=1S/C10H17Cl2NOS/c1-7(2)13(8(3)4)10(15)14-6-5-9(11)12/h5,7-8H,6H2,1-4H3. The van der Waals surface area contributed by atoms with Crippen molar-refractivity contribution in [3.8, 4) is 0 Å². The first-order valence-electron chi connectivity index (χ1n) is 4.82. The number of ether oxygens (including phenoxy) is 1. The van der Waals surface area contributed by atoms with Gasteiger partial charge in [0.05, 0.1) is 0 Å². The van der Waals surface area contributed by atoms with E-state index in [9.17, 15) is 0 Å². The highest BCUT2D eigenvalue weighted by molar-refractivity contribution is 7.80. The minimum absolute atomic E-state index is 0.193. The summed E-state index contributed by atoms with van der Waals surface area (Å²) in [5, 5.41) is 0.478. The Balaban J connectivity index is 4.22. The van der Waals surface area contributed by atoms with E-state index in [1.807, 2.05) is 4.90 Å². The molecule has 0 aliphatic heterocycles. The van der Waals surface area contributed by atoms with Gasteiger partial charge in [-0.05, 0) is 46.0 Å². The van der Waals surface area contributed by atoms with Crippen LogP contribution in [0.3, 0.4) is 0 Å². The fourth-order valence-electron chi connectivity index (χ4n) is 1.27. The first-order chi connectivity index (χ1) is 6.86. The third kappa shape index (κ3) is 6.23. The van der Waals surface area contributed by atoms with E-state index in [4.69, 9.17) is 40.2 Å². The van der Waals surface area contributed by atoms with Crippen LogP contribution in [0, 0.1) is 0 Å². The molecule has 0 radical (unpaired) electrons. The maximum absolute atomic E-state index is 5.46. The van der Waals surface area contributed by atoms with Gasteiger partial charge in [0.1, 0.15) is 11.1 Å². The molecule has 0 saturated heterocycles. The summed E-state index contributed by atoms with van der Waals surface area (Å²) in [4.78, 5) is 2.02. The Morgan fingerprint density at radius 3 is 2.07 bits per heavy atom. The molecule has 0 amide bonds. The van der Waals surface area contributed by atoms with Crippen molar-refractivity contribution in [3.63, 3.8) is 0 Å². The van der Waals surface area contributed by atoms with Gasteiger partial charge in [-0.1, -0.05) is 23.2 Å². The maximum Gasteiger partial charge on any atom is 0.260 e. The third-order valence-electron chi connectivity index (χ3n) is 1.77. The van der Waals surface area contributed by atoms with Crippen molar-refractivity contribution in [2.45, 2.75) is 39.8 Å². The number of rotatable bonds is 4. The van der Waals surface area contributed by atoms with E-state index in [1.165, 1.54) is 0 Å². The zero-order valence-corrected chi connectivity index (χ0v) is 11.8. The number of thiocarbonyl (C=S) groups is 1. The van der Waals surface area contributed by atoms with E-state index in [0.717, 1.165) is 0 Å². The number of halogens is 2. The molecule has 2 nitrogen and oxygen atoms in total. The Labute approximate surface area is 107 Å². The molecule has 0 rings (SSSR count). The second-order valence-corrected chi connectivity index (χ2v) is 5.02. The van der Waals surface area contributed by atoms with Gasteiger partial charge in [-0.3, -0.25) is 0 Å². The van der Waals surface area contributed by atoms with Crippen LogP contribution < -0.4 is 0 Å². The van der Waals surface area contributed by atoms with Crippen molar-refractivity contribution in [1.29, 1.82) is 0 Å². The van der Waals surface area contributed by atoms with Gasteiger partial charge in [-0.2, -0.15) is 0 Å². The molecule has 0 spiro atoms. The summed E-state index contributed by atoms with van der Waals surface area (Å²) in [6.07, 6.45) is 1.56. The summed E-state index contributed by atoms with van der Waals surface area (Å²) < 4.78 is 5.54. The van der Waals surface area contributed by atoms with Crippen LogP contribution in [0.15, 0.2) is 10.6 Å². The normalized spacial score (nSPS) is 10.4. The molecule has 0 bridgehead atoms. The molecule has 0 aromatic heterocycles. The van der Waals surface area contributed by atoms with E-state index in [-0.39, 0.29) is 4.49 Å². The van der Waals surface area contributed by atoms with Crippen LogP contribution in [0.25, 0.3) is 0 Å². The SMILES string of the molecule is CC(C)N(C(=S)OCC=C(Cl)Cl)C(C)C. The van der Waals surface area contributed by atoms with Gasteiger partial charge in [-0.15, -0.1) is 0 Å². The van der Waals surface area contributed by atoms with Crippen LogP contribution in [-0.2, 0) is 4.74 Å². The van der Waals surface area contributed by atoms with E-state index in [2.05, 4.69) is 27.7 Å². The van der Waals surface area contributed by atoms with Crippen LogP contribution in [-0.4, -0.2) is 28.8 Å². The molecule has 0 unspecified atom stereocenters. The van der Waals surface area contributed by atoms with Gasteiger partial charge in [0.15, 0.2) is 0 Å². The third-order valence-corrected chi connectivity index (χ3v) is 2.41. The Hall–Kier alpha value is 0.01000. The number of hydrogen-bond donors (Lipinski definition) is 0. The summed E-state index contributed by atoms with van der Waals surface area (Å²) in [5.41, 5.74) is 0.